The lowest BCUT2D eigenvalue weighted by molar-refractivity contribution is -0.440. The highest BCUT2D eigenvalue weighted by Crippen LogP contribution is 2.60. The fourth-order valence-electron chi connectivity index (χ4n) is 2.64. The van der Waals surface area contributed by atoms with Crippen molar-refractivity contribution in [1.29, 1.82) is 0 Å². The molecule has 0 aliphatic carbocycles. The van der Waals surface area contributed by atoms with Crippen molar-refractivity contribution in [3.05, 3.63) is 12.2 Å². The van der Waals surface area contributed by atoms with Crippen LogP contribution in [0.2, 0.25) is 0 Å². The third-order valence-corrected chi connectivity index (χ3v) is 4.70. The Labute approximate surface area is 180 Å². The predicted molar refractivity (Wildman–Crippen MR) is 90.9 cm³/mol. The molecule has 0 N–H and O–H groups in total. The zero-order valence-electron chi connectivity index (χ0n) is 17.4. The van der Waals surface area contributed by atoms with Gasteiger partial charge in [-0.2, -0.15) is 57.1 Å². The Morgan fingerprint density at radius 2 is 1.12 bits per heavy atom. The summed E-state index contributed by atoms with van der Waals surface area (Å²) in [5.41, 5.74) is 0.201. The minimum absolute atomic E-state index is 0.000317. The fourth-order valence-corrected chi connectivity index (χ4v) is 2.64. The van der Waals surface area contributed by atoms with Crippen LogP contribution in [0.1, 0.15) is 46.0 Å². The summed E-state index contributed by atoms with van der Waals surface area (Å²) >= 11 is 0. The van der Waals surface area contributed by atoms with Crippen molar-refractivity contribution < 1.29 is 61.9 Å². The molecule has 0 spiro atoms. The highest BCUT2D eigenvalue weighted by atomic mass is 19.4. The number of hydrogen-bond donors (Lipinski definition) is 0. The van der Waals surface area contributed by atoms with Gasteiger partial charge in [-0.25, -0.2) is 0 Å². The van der Waals surface area contributed by atoms with Crippen LogP contribution in [0.5, 0.6) is 0 Å². The van der Waals surface area contributed by atoms with E-state index in [1.54, 1.807) is 6.92 Å². The maximum Gasteiger partial charge on any atom is 0.460 e. The van der Waals surface area contributed by atoms with Crippen molar-refractivity contribution in [2.75, 3.05) is 13.1 Å². The van der Waals surface area contributed by atoms with Gasteiger partial charge in [0.25, 0.3) is 0 Å². The summed E-state index contributed by atoms with van der Waals surface area (Å²) in [5.74, 6) is -37.0. The van der Waals surface area contributed by atoms with E-state index in [0.717, 1.165) is 0 Å². The summed E-state index contributed by atoms with van der Waals surface area (Å²) in [4.78, 5) is 13.0. The van der Waals surface area contributed by atoms with Crippen molar-refractivity contribution in [3.63, 3.8) is 0 Å². The van der Waals surface area contributed by atoms with Gasteiger partial charge in [-0.15, -0.1) is 0 Å². The molecule has 15 heteroatoms. The van der Waals surface area contributed by atoms with Gasteiger partial charge in [0.1, 0.15) is 0 Å². The lowest BCUT2D eigenvalue weighted by Gasteiger charge is -2.39. The van der Waals surface area contributed by atoms with Gasteiger partial charge in [0.2, 0.25) is 5.91 Å². The highest BCUT2D eigenvalue weighted by Gasteiger charge is 2.90. The number of carbonyl (C=O) groups is 1. The van der Waals surface area contributed by atoms with Crippen LogP contribution in [0, 0.1) is 0 Å². The Bertz CT molecular complexity index is 685. The maximum atomic E-state index is 13.6. The Kier molecular flexibility index (Phi) is 9.75. The average molecular weight is 515 g/mol. The second-order valence-corrected chi connectivity index (χ2v) is 7.33. The summed E-state index contributed by atoms with van der Waals surface area (Å²) in [6.45, 7) is 6.82. The van der Waals surface area contributed by atoms with Gasteiger partial charge in [-0.3, -0.25) is 4.79 Å². The Hall–Kier alpha value is -1.70. The number of halogens is 13. The van der Waals surface area contributed by atoms with Crippen LogP contribution >= 0.6 is 0 Å². The molecule has 0 aliphatic rings. The summed E-state index contributed by atoms with van der Waals surface area (Å²) in [5, 5.41) is 0. The quantitative estimate of drug-likeness (QED) is 0.146. The molecular formula is C18H22F13NO. The number of rotatable bonds is 13. The third kappa shape index (κ3) is 6.06. The molecule has 0 atom stereocenters. The van der Waals surface area contributed by atoms with Crippen LogP contribution < -0.4 is 0 Å². The average Bonchev–Trinajstić information content (AvgIpc) is 2.65. The first-order valence-electron chi connectivity index (χ1n) is 9.43. The number of alkyl halides is 13. The van der Waals surface area contributed by atoms with Crippen molar-refractivity contribution in [2.45, 2.75) is 81.7 Å². The van der Waals surface area contributed by atoms with E-state index in [4.69, 9.17) is 0 Å². The van der Waals surface area contributed by atoms with Gasteiger partial charge in [0, 0.05) is 25.1 Å². The van der Waals surface area contributed by atoms with E-state index >= 15 is 0 Å². The van der Waals surface area contributed by atoms with E-state index in [1.165, 1.54) is 11.8 Å². The van der Waals surface area contributed by atoms with E-state index in [2.05, 4.69) is 6.58 Å². The van der Waals surface area contributed by atoms with Crippen LogP contribution in [-0.2, 0) is 4.79 Å². The molecule has 1 amide bonds. The minimum Gasteiger partial charge on any atom is -0.339 e. The van der Waals surface area contributed by atoms with Gasteiger partial charge in [-0.1, -0.05) is 19.4 Å². The van der Waals surface area contributed by atoms with E-state index in [0.29, 0.717) is 0 Å². The van der Waals surface area contributed by atoms with E-state index < -0.39 is 54.5 Å². The number of nitrogens with zero attached hydrogens (tertiary/aromatic N) is 1. The van der Waals surface area contributed by atoms with Crippen LogP contribution in [-0.4, -0.2) is 59.7 Å². The smallest absolute Gasteiger partial charge is 0.339 e. The van der Waals surface area contributed by atoms with Crippen molar-refractivity contribution in [2.24, 2.45) is 0 Å². The molecule has 0 aromatic carbocycles. The second kappa shape index (κ2) is 10.3. The van der Waals surface area contributed by atoms with Crippen LogP contribution in [0.3, 0.4) is 0 Å². The number of amides is 1. The van der Waals surface area contributed by atoms with Gasteiger partial charge in [0.05, 0.1) is 0 Å². The lowest BCUT2D eigenvalue weighted by Crippen LogP contribution is -2.70. The highest BCUT2D eigenvalue weighted by molar-refractivity contribution is 5.92. The molecule has 196 valence electrons. The summed E-state index contributed by atoms with van der Waals surface area (Å²) in [7, 11) is 0. The zero-order chi connectivity index (χ0) is 26.7. The largest absolute Gasteiger partial charge is 0.460 e. The van der Waals surface area contributed by atoms with E-state index in [9.17, 15) is 61.9 Å². The lowest BCUT2D eigenvalue weighted by atomic mass is 9.91. The van der Waals surface area contributed by atoms with Gasteiger partial charge in [0.15, 0.2) is 0 Å². The van der Waals surface area contributed by atoms with Crippen LogP contribution in [0.4, 0.5) is 57.1 Å². The van der Waals surface area contributed by atoms with Crippen molar-refractivity contribution >= 4 is 5.91 Å². The molecule has 0 saturated carbocycles. The number of likely N-dealkylation sites (N-methyl/N-ethyl adjacent to an activating group) is 1. The molecule has 0 unspecified atom stereocenters. The first-order chi connectivity index (χ1) is 14.5. The standard InChI is InChI=1S/C18H22F13NO/c1-4-32(12(33)11(2)3)10-8-6-5-7-9-13(19,20)14(21,22)15(23,24)16(25,26)17(27,28)18(29,30)31/h2,4-10H2,1,3H3. The molecule has 33 heavy (non-hydrogen) atoms. The molecule has 0 fully saturated rings. The van der Waals surface area contributed by atoms with Crippen LogP contribution in [0.15, 0.2) is 12.2 Å². The zero-order valence-corrected chi connectivity index (χ0v) is 17.4. The van der Waals surface area contributed by atoms with Gasteiger partial charge >= 0.3 is 35.8 Å². The van der Waals surface area contributed by atoms with E-state index in [-0.39, 0.29) is 37.9 Å². The molecule has 0 radical (unpaired) electrons. The Morgan fingerprint density at radius 1 is 0.697 bits per heavy atom. The predicted octanol–water partition coefficient (Wildman–Crippen LogP) is 7.10. The molecule has 0 aliphatic heterocycles. The van der Waals surface area contributed by atoms with Crippen molar-refractivity contribution in [3.8, 4) is 0 Å². The van der Waals surface area contributed by atoms with Crippen molar-refractivity contribution in [1.82, 2.24) is 4.90 Å². The molecule has 2 nitrogen and oxygen atoms in total. The SMILES string of the molecule is C=C(C)C(=O)N(CC)CCCCCCC(F)(F)C(F)(F)C(F)(F)C(F)(F)C(F)(F)C(F)(F)F. The summed E-state index contributed by atoms with van der Waals surface area (Å²) in [6.07, 6.45) is -10.8. The van der Waals surface area contributed by atoms with E-state index in [1.807, 2.05) is 0 Å². The second-order valence-electron chi connectivity index (χ2n) is 7.33. The third-order valence-electron chi connectivity index (χ3n) is 4.70. The molecule has 0 saturated heterocycles. The monoisotopic (exact) mass is 515 g/mol. The van der Waals surface area contributed by atoms with Crippen LogP contribution in [0.25, 0.3) is 0 Å². The number of hydrogen-bond acceptors (Lipinski definition) is 1. The molecule has 0 aromatic rings. The molecule has 0 rings (SSSR count). The topological polar surface area (TPSA) is 20.3 Å². The molecular weight excluding hydrogens is 493 g/mol. The molecule has 0 heterocycles. The minimum atomic E-state index is -7.87. The summed E-state index contributed by atoms with van der Waals surface area (Å²) in [6, 6.07) is 0. The molecule has 0 aromatic heterocycles. The number of unbranched alkanes of at least 4 members (excludes halogenated alkanes) is 3. The Morgan fingerprint density at radius 3 is 1.52 bits per heavy atom. The molecule has 0 bridgehead atoms. The van der Waals surface area contributed by atoms with Gasteiger partial charge < -0.3 is 4.90 Å². The summed E-state index contributed by atoms with van der Waals surface area (Å²) < 4.78 is 169. The first-order valence-corrected chi connectivity index (χ1v) is 9.43. The number of carbonyl (C=O) groups excluding carboxylic acids is 1. The maximum absolute atomic E-state index is 13.6. The fraction of sp³-hybridized carbons (Fsp3) is 0.833. The van der Waals surface area contributed by atoms with Gasteiger partial charge in [-0.05, 0) is 26.7 Å². The normalized spacial score (nSPS) is 14.4. The first kappa shape index (κ1) is 31.3. The Balaban J connectivity index is 5.20.